The van der Waals surface area contributed by atoms with Gasteiger partial charge < -0.3 is 10.6 Å². The van der Waals surface area contributed by atoms with Gasteiger partial charge in [-0.05, 0) is 40.3 Å². The summed E-state index contributed by atoms with van der Waals surface area (Å²) in [6.45, 7) is 6.49. The lowest BCUT2D eigenvalue weighted by atomic mass is 10.2. The molecule has 1 atom stereocenters. The van der Waals surface area contributed by atoms with Crippen molar-refractivity contribution in [3.05, 3.63) is 12.3 Å². The molecule has 1 aromatic heterocycles. The number of nitrogens with one attached hydrogen (secondary N) is 2. The first-order valence-electron chi connectivity index (χ1n) is 7.34. The van der Waals surface area contributed by atoms with Crippen LogP contribution >= 0.6 is 0 Å². The maximum absolute atomic E-state index is 12.2. The molecular weight excluding hydrogens is 254 g/mol. The van der Waals surface area contributed by atoms with Gasteiger partial charge in [-0.25, -0.2) is 4.68 Å². The number of likely N-dealkylation sites (N-methyl/N-ethyl adjacent to an activating group) is 1. The predicted octanol–water partition coefficient (Wildman–Crippen LogP) is 1.09. The molecule has 0 radical (unpaired) electrons. The van der Waals surface area contributed by atoms with E-state index in [1.165, 1.54) is 6.42 Å². The Morgan fingerprint density at radius 2 is 2.35 bits per heavy atom. The third-order valence-corrected chi connectivity index (χ3v) is 3.71. The van der Waals surface area contributed by atoms with Crippen molar-refractivity contribution in [2.45, 2.75) is 38.8 Å². The van der Waals surface area contributed by atoms with Crippen LogP contribution < -0.4 is 10.6 Å². The fourth-order valence-electron chi connectivity index (χ4n) is 2.76. The molecule has 1 aromatic rings. The second kappa shape index (κ2) is 6.85. The van der Waals surface area contributed by atoms with E-state index in [4.69, 9.17) is 0 Å². The van der Waals surface area contributed by atoms with Crippen molar-refractivity contribution < 1.29 is 4.79 Å². The maximum atomic E-state index is 12.2. The van der Waals surface area contributed by atoms with Crippen LogP contribution in [0.2, 0.25) is 0 Å². The Hall–Kier alpha value is -1.40. The van der Waals surface area contributed by atoms with Crippen molar-refractivity contribution in [1.82, 2.24) is 20.0 Å². The van der Waals surface area contributed by atoms with Crippen LogP contribution in [0.25, 0.3) is 0 Å². The Balaban J connectivity index is 1.90. The first-order valence-corrected chi connectivity index (χ1v) is 7.34. The number of anilines is 1. The zero-order chi connectivity index (χ0) is 14.5. The Labute approximate surface area is 120 Å². The van der Waals surface area contributed by atoms with Gasteiger partial charge in [0.1, 0.15) is 5.82 Å². The molecule has 1 fully saturated rings. The Bertz CT molecular complexity index is 443. The number of rotatable bonds is 6. The van der Waals surface area contributed by atoms with Crippen LogP contribution in [0.3, 0.4) is 0 Å². The van der Waals surface area contributed by atoms with E-state index in [9.17, 15) is 4.79 Å². The summed E-state index contributed by atoms with van der Waals surface area (Å²) in [7, 11) is 1.96. The van der Waals surface area contributed by atoms with Gasteiger partial charge in [0.15, 0.2) is 0 Å². The fourth-order valence-corrected chi connectivity index (χ4v) is 2.76. The first kappa shape index (κ1) is 15.0. The molecule has 2 rings (SSSR count). The molecule has 0 spiro atoms. The smallest absolute Gasteiger partial charge is 0.239 e. The third kappa shape index (κ3) is 3.58. The van der Waals surface area contributed by atoms with Gasteiger partial charge in [-0.15, -0.1) is 0 Å². The van der Waals surface area contributed by atoms with Crippen LogP contribution in [0, 0.1) is 0 Å². The number of carbonyl (C=O) groups excluding carboxylic acids is 1. The molecule has 0 aromatic carbocycles. The predicted molar refractivity (Wildman–Crippen MR) is 79.8 cm³/mol. The van der Waals surface area contributed by atoms with Crippen LogP contribution in [0.5, 0.6) is 0 Å². The summed E-state index contributed by atoms with van der Waals surface area (Å²) in [5.74, 6) is 0.810. The Morgan fingerprint density at radius 1 is 1.55 bits per heavy atom. The summed E-state index contributed by atoms with van der Waals surface area (Å²) < 4.78 is 1.83. The van der Waals surface area contributed by atoms with Crippen LogP contribution in [0.4, 0.5) is 5.82 Å². The molecule has 20 heavy (non-hydrogen) atoms. The van der Waals surface area contributed by atoms with Gasteiger partial charge in [-0.2, -0.15) is 5.10 Å². The maximum Gasteiger partial charge on any atom is 0.239 e. The van der Waals surface area contributed by atoms with Crippen molar-refractivity contribution in [1.29, 1.82) is 0 Å². The number of amides is 1. The quantitative estimate of drug-likeness (QED) is 0.818. The first-order chi connectivity index (χ1) is 9.61. The minimum absolute atomic E-state index is 0.0374. The van der Waals surface area contributed by atoms with Gasteiger partial charge in [0.2, 0.25) is 5.91 Å². The lowest BCUT2D eigenvalue weighted by molar-refractivity contribution is -0.117. The van der Waals surface area contributed by atoms with E-state index in [2.05, 4.69) is 20.6 Å². The molecule has 1 unspecified atom stereocenters. The van der Waals surface area contributed by atoms with Crippen molar-refractivity contribution in [3.63, 3.8) is 0 Å². The molecule has 2 heterocycles. The minimum Gasteiger partial charge on any atom is -0.318 e. The normalized spacial score (nSPS) is 19.7. The highest BCUT2D eigenvalue weighted by Gasteiger charge is 2.25. The molecule has 6 heteroatoms. The monoisotopic (exact) mass is 279 g/mol. The largest absolute Gasteiger partial charge is 0.318 e. The Kier molecular flexibility index (Phi) is 5.14. The lowest BCUT2D eigenvalue weighted by Gasteiger charge is -2.23. The van der Waals surface area contributed by atoms with Crippen molar-refractivity contribution in [2.24, 2.45) is 0 Å². The summed E-state index contributed by atoms with van der Waals surface area (Å²) >= 11 is 0. The van der Waals surface area contributed by atoms with Crippen LogP contribution in [-0.2, 0) is 4.79 Å². The molecule has 2 N–H and O–H groups in total. The molecule has 1 amide bonds. The highest BCUT2D eigenvalue weighted by molar-refractivity contribution is 5.91. The van der Waals surface area contributed by atoms with Crippen molar-refractivity contribution >= 4 is 11.7 Å². The van der Waals surface area contributed by atoms with Crippen molar-refractivity contribution in [3.8, 4) is 0 Å². The zero-order valence-electron chi connectivity index (χ0n) is 12.6. The zero-order valence-corrected chi connectivity index (χ0v) is 12.6. The molecule has 1 aliphatic rings. The minimum atomic E-state index is 0.0374. The summed E-state index contributed by atoms with van der Waals surface area (Å²) in [5, 5.41) is 10.4. The number of carbonyl (C=O) groups is 1. The number of nitrogens with zero attached hydrogens (tertiary/aromatic N) is 3. The second-order valence-corrected chi connectivity index (χ2v) is 5.63. The fraction of sp³-hybridized carbons (Fsp3) is 0.714. The van der Waals surface area contributed by atoms with Gasteiger partial charge in [0.25, 0.3) is 0 Å². The van der Waals surface area contributed by atoms with E-state index in [1.807, 2.05) is 31.6 Å². The number of likely N-dealkylation sites (tertiary alicyclic amines) is 1. The van der Waals surface area contributed by atoms with E-state index in [1.54, 1.807) is 6.20 Å². The highest BCUT2D eigenvalue weighted by Crippen LogP contribution is 2.17. The molecule has 1 aliphatic heterocycles. The number of hydrogen-bond donors (Lipinski definition) is 2. The molecule has 0 bridgehead atoms. The lowest BCUT2D eigenvalue weighted by Crippen LogP contribution is -2.41. The highest BCUT2D eigenvalue weighted by atomic mass is 16.2. The topological polar surface area (TPSA) is 62.2 Å². The molecule has 1 saturated heterocycles. The molecular formula is C14H25N5O. The van der Waals surface area contributed by atoms with Gasteiger partial charge >= 0.3 is 0 Å². The molecule has 0 saturated carbocycles. The van der Waals surface area contributed by atoms with E-state index in [0.29, 0.717) is 12.6 Å². The van der Waals surface area contributed by atoms with E-state index in [0.717, 1.165) is 25.3 Å². The summed E-state index contributed by atoms with van der Waals surface area (Å²) in [6, 6.07) is 2.55. The molecule has 0 aliphatic carbocycles. The molecule has 112 valence electrons. The second-order valence-electron chi connectivity index (χ2n) is 5.63. The van der Waals surface area contributed by atoms with E-state index < -0.39 is 0 Å². The van der Waals surface area contributed by atoms with Crippen LogP contribution in [0.15, 0.2) is 12.3 Å². The van der Waals surface area contributed by atoms with Gasteiger partial charge in [0.05, 0.1) is 12.7 Å². The Morgan fingerprint density at radius 3 is 3.05 bits per heavy atom. The summed E-state index contributed by atoms with van der Waals surface area (Å²) in [4.78, 5) is 14.4. The van der Waals surface area contributed by atoms with E-state index in [-0.39, 0.29) is 11.9 Å². The standard InChI is InChI=1S/C14H25N5O/c1-11(2)19-13(6-7-16-19)17-14(20)10-18-8-4-5-12(18)9-15-3/h6-7,11-12,15H,4-5,8-10H2,1-3H3,(H,17,20). The number of hydrogen-bond acceptors (Lipinski definition) is 4. The molecule has 6 nitrogen and oxygen atoms in total. The van der Waals surface area contributed by atoms with Crippen molar-refractivity contribution in [2.75, 3.05) is 32.0 Å². The summed E-state index contributed by atoms with van der Waals surface area (Å²) in [5.41, 5.74) is 0. The SMILES string of the molecule is CNCC1CCCN1CC(=O)Nc1ccnn1C(C)C. The summed E-state index contributed by atoms with van der Waals surface area (Å²) in [6.07, 6.45) is 4.05. The van der Waals surface area contributed by atoms with Gasteiger partial charge in [-0.3, -0.25) is 9.69 Å². The van der Waals surface area contributed by atoms with Gasteiger partial charge in [0, 0.05) is 24.7 Å². The van der Waals surface area contributed by atoms with Gasteiger partial charge in [-0.1, -0.05) is 0 Å². The van der Waals surface area contributed by atoms with E-state index >= 15 is 0 Å². The van der Waals surface area contributed by atoms with Crippen LogP contribution in [-0.4, -0.2) is 53.3 Å². The average molecular weight is 279 g/mol. The third-order valence-electron chi connectivity index (χ3n) is 3.71. The number of aromatic nitrogens is 2. The van der Waals surface area contributed by atoms with Crippen LogP contribution in [0.1, 0.15) is 32.7 Å². The average Bonchev–Trinajstić information content (AvgIpc) is 3.00.